The van der Waals surface area contributed by atoms with Crippen molar-refractivity contribution in [2.45, 2.75) is 19.4 Å². The molecule has 0 aromatic heterocycles. The first-order valence-electron chi connectivity index (χ1n) is 8.39. The number of likely N-dealkylation sites (tertiary alicyclic amines) is 1. The molecule has 0 radical (unpaired) electrons. The lowest BCUT2D eigenvalue weighted by Crippen LogP contribution is -2.28. The maximum Gasteiger partial charge on any atom is 0.282 e. The van der Waals surface area contributed by atoms with E-state index < -0.39 is 4.92 Å². The average Bonchev–Trinajstić information content (AvgIpc) is 3.16. The SMILES string of the molecule is CN(Cc1ccccc1)c1ccc([N+](=O)[O-])c(C(=O)N2CCCC2)c1. The maximum absolute atomic E-state index is 12.7. The summed E-state index contributed by atoms with van der Waals surface area (Å²) in [5, 5.41) is 11.3. The monoisotopic (exact) mass is 339 g/mol. The molecule has 1 aliphatic heterocycles. The largest absolute Gasteiger partial charge is 0.370 e. The summed E-state index contributed by atoms with van der Waals surface area (Å²) in [6, 6.07) is 14.7. The van der Waals surface area contributed by atoms with Gasteiger partial charge in [0.05, 0.1) is 4.92 Å². The van der Waals surface area contributed by atoms with Gasteiger partial charge in [0.2, 0.25) is 0 Å². The molecule has 1 fully saturated rings. The summed E-state index contributed by atoms with van der Waals surface area (Å²) in [6.45, 7) is 2.00. The second-order valence-corrected chi connectivity index (χ2v) is 6.30. The van der Waals surface area contributed by atoms with Crippen molar-refractivity contribution in [3.63, 3.8) is 0 Å². The zero-order chi connectivity index (χ0) is 17.8. The number of carbonyl (C=O) groups excluding carboxylic acids is 1. The number of carbonyl (C=O) groups is 1. The molecule has 1 heterocycles. The van der Waals surface area contributed by atoms with E-state index in [4.69, 9.17) is 0 Å². The maximum atomic E-state index is 12.7. The highest BCUT2D eigenvalue weighted by atomic mass is 16.6. The van der Waals surface area contributed by atoms with Crippen molar-refractivity contribution in [2.75, 3.05) is 25.0 Å². The van der Waals surface area contributed by atoms with Crippen molar-refractivity contribution in [1.29, 1.82) is 0 Å². The van der Waals surface area contributed by atoms with Crippen molar-refractivity contribution in [1.82, 2.24) is 4.90 Å². The molecule has 3 rings (SSSR count). The standard InChI is InChI=1S/C19H21N3O3/c1-20(14-15-7-3-2-4-8-15)16-9-10-18(22(24)25)17(13-16)19(23)21-11-5-6-12-21/h2-4,7-10,13H,5-6,11-12,14H2,1H3. The Hall–Kier alpha value is -2.89. The van der Waals surface area contributed by atoms with E-state index in [0.29, 0.717) is 19.6 Å². The lowest BCUT2D eigenvalue weighted by molar-refractivity contribution is -0.385. The van der Waals surface area contributed by atoms with Gasteiger partial charge in [0, 0.05) is 38.4 Å². The van der Waals surface area contributed by atoms with Crippen LogP contribution in [0.2, 0.25) is 0 Å². The topological polar surface area (TPSA) is 66.7 Å². The smallest absolute Gasteiger partial charge is 0.282 e. The van der Waals surface area contributed by atoms with Crippen LogP contribution in [0.3, 0.4) is 0 Å². The Balaban J connectivity index is 1.89. The van der Waals surface area contributed by atoms with E-state index in [1.807, 2.05) is 42.3 Å². The van der Waals surface area contributed by atoms with E-state index in [0.717, 1.165) is 24.1 Å². The van der Waals surface area contributed by atoms with Gasteiger partial charge in [-0.25, -0.2) is 0 Å². The molecule has 0 N–H and O–H groups in total. The third-order valence-corrected chi connectivity index (χ3v) is 4.50. The van der Waals surface area contributed by atoms with Crippen molar-refractivity contribution in [3.8, 4) is 0 Å². The van der Waals surface area contributed by atoms with Crippen LogP contribution in [0.15, 0.2) is 48.5 Å². The second kappa shape index (κ2) is 7.34. The number of nitro groups is 1. The van der Waals surface area contributed by atoms with Gasteiger partial charge >= 0.3 is 0 Å². The van der Waals surface area contributed by atoms with E-state index in [2.05, 4.69) is 0 Å². The fourth-order valence-corrected chi connectivity index (χ4v) is 3.13. The summed E-state index contributed by atoms with van der Waals surface area (Å²) >= 11 is 0. The Morgan fingerprint density at radius 2 is 1.84 bits per heavy atom. The van der Waals surface area contributed by atoms with Gasteiger partial charge in [0.25, 0.3) is 11.6 Å². The van der Waals surface area contributed by atoms with Crippen LogP contribution in [-0.2, 0) is 6.54 Å². The van der Waals surface area contributed by atoms with Gasteiger partial charge in [-0.05, 0) is 30.5 Å². The van der Waals surface area contributed by atoms with Crippen LogP contribution in [0.25, 0.3) is 0 Å². The summed E-state index contributed by atoms with van der Waals surface area (Å²) in [5.41, 5.74) is 1.96. The molecular formula is C19H21N3O3. The molecule has 2 aromatic rings. The molecule has 2 aromatic carbocycles. The van der Waals surface area contributed by atoms with Crippen LogP contribution in [0.5, 0.6) is 0 Å². The number of nitrogens with zero attached hydrogens (tertiary/aromatic N) is 3. The zero-order valence-electron chi connectivity index (χ0n) is 14.2. The Morgan fingerprint density at radius 3 is 2.48 bits per heavy atom. The van der Waals surface area contributed by atoms with E-state index in [9.17, 15) is 14.9 Å². The first-order chi connectivity index (χ1) is 12.1. The van der Waals surface area contributed by atoms with Crippen LogP contribution in [0.1, 0.15) is 28.8 Å². The van der Waals surface area contributed by atoms with Gasteiger partial charge in [-0.3, -0.25) is 14.9 Å². The highest BCUT2D eigenvalue weighted by Gasteiger charge is 2.27. The Bertz CT molecular complexity index is 771. The molecule has 25 heavy (non-hydrogen) atoms. The summed E-state index contributed by atoms with van der Waals surface area (Å²) in [7, 11) is 1.91. The Labute approximate surface area is 146 Å². The van der Waals surface area contributed by atoms with Crippen molar-refractivity contribution in [3.05, 3.63) is 69.8 Å². The number of nitro benzene ring substituents is 1. The van der Waals surface area contributed by atoms with Crippen molar-refractivity contribution >= 4 is 17.3 Å². The van der Waals surface area contributed by atoms with Crippen LogP contribution in [0, 0.1) is 10.1 Å². The number of hydrogen-bond acceptors (Lipinski definition) is 4. The molecule has 130 valence electrons. The van der Waals surface area contributed by atoms with E-state index >= 15 is 0 Å². The highest BCUT2D eigenvalue weighted by molar-refractivity contribution is 5.99. The lowest BCUT2D eigenvalue weighted by Gasteiger charge is -2.21. The predicted octanol–water partition coefficient (Wildman–Crippen LogP) is 3.47. The number of rotatable bonds is 5. The van der Waals surface area contributed by atoms with Gasteiger partial charge in [-0.1, -0.05) is 30.3 Å². The van der Waals surface area contributed by atoms with E-state index in [-0.39, 0.29) is 17.2 Å². The van der Waals surface area contributed by atoms with Crippen LogP contribution >= 0.6 is 0 Å². The number of amides is 1. The minimum absolute atomic E-state index is 0.131. The molecule has 0 unspecified atom stereocenters. The van der Waals surface area contributed by atoms with Crippen molar-refractivity contribution in [2.24, 2.45) is 0 Å². The molecule has 0 saturated carbocycles. The Kier molecular flexibility index (Phi) is 4.97. The van der Waals surface area contributed by atoms with Crippen LogP contribution < -0.4 is 4.90 Å². The van der Waals surface area contributed by atoms with Gasteiger partial charge < -0.3 is 9.80 Å². The normalized spacial score (nSPS) is 13.7. The summed E-state index contributed by atoms with van der Waals surface area (Å²) < 4.78 is 0. The minimum atomic E-state index is -0.482. The first-order valence-corrected chi connectivity index (χ1v) is 8.39. The fourth-order valence-electron chi connectivity index (χ4n) is 3.13. The molecule has 0 atom stereocenters. The second-order valence-electron chi connectivity index (χ2n) is 6.30. The molecule has 6 nitrogen and oxygen atoms in total. The van der Waals surface area contributed by atoms with Crippen molar-refractivity contribution < 1.29 is 9.72 Å². The average molecular weight is 339 g/mol. The molecule has 1 amide bonds. The summed E-state index contributed by atoms with van der Waals surface area (Å²) in [6.07, 6.45) is 1.90. The molecule has 0 bridgehead atoms. The number of anilines is 1. The quantitative estimate of drug-likeness (QED) is 0.618. The van der Waals surface area contributed by atoms with E-state index in [1.54, 1.807) is 17.0 Å². The Morgan fingerprint density at radius 1 is 1.16 bits per heavy atom. The third kappa shape index (κ3) is 3.79. The van der Waals surface area contributed by atoms with E-state index in [1.165, 1.54) is 6.07 Å². The minimum Gasteiger partial charge on any atom is -0.370 e. The molecule has 0 spiro atoms. The summed E-state index contributed by atoms with van der Waals surface area (Å²) in [5.74, 6) is -0.251. The third-order valence-electron chi connectivity index (χ3n) is 4.50. The van der Waals surface area contributed by atoms with Gasteiger partial charge in [-0.15, -0.1) is 0 Å². The fraction of sp³-hybridized carbons (Fsp3) is 0.316. The highest BCUT2D eigenvalue weighted by Crippen LogP contribution is 2.27. The first kappa shape index (κ1) is 17.0. The molecule has 6 heteroatoms. The van der Waals surface area contributed by atoms with Crippen LogP contribution in [-0.4, -0.2) is 35.9 Å². The van der Waals surface area contributed by atoms with Gasteiger partial charge in [0.1, 0.15) is 5.56 Å². The molecule has 1 aliphatic rings. The molecule has 1 saturated heterocycles. The molecule has 0 aliphatic carbocycles. The molecular weight excluding hydrogens is 318 g/mol. The number of benzene rings is 2. The van der Waals surface area contributed by atoms with Crippen LogP contribution in [0.4, 0.5) is 11.4 Å². The van der Waals surface area contributed by atoms with Gasteiger partial charge in [0.15, 0.2) is 0 Å². The predicted molar refractivity (Wildman–Crippen MR) is 96.8 cm³/mol. The zero-order valence-corrected chi connectivity index (χ0v) is 14.2. The lowest BCUT2D eigenvalue weighted by atomic mass is 10.1. The van der Waals surface area contributed by atoms with Gasteiger partial charge in [-0.2, -0.15) is 0 Å². The number of hydrogen-bond donors (Lipinski definition) is 0. The summed E-state index contributed by atoms with van der Waals surface area (Å²) in [4.78, 5) is 27.2.